The summed E-state index contributed by atoms with van der Waals surface area (Å²) in [5.41, 5.74) is 1.15. The van der Waals surface area contributed by atoms with Gasteiger partial charge in [0.2, 0.25) is 0 Å². The summed E-state index contributed by atoms with van der Waals surface area (Å²) in [5.74, 6) is 0.831. The van der Waals surface area contributed by atoms with Crippen LogP contribution < -0.4 is 10.6 Å². The van der Waals surface area contributed by atoms with Crippen LogP contribution in [0, 0.1) is 12.8 Å². The molecule has 3 rings (SSSR count). The first-order chi connectivity index (χ1) is 9.33. The molecule has 0 spiro atoms. The van der Waals surface area contributed by atoms with Gasteiger partial charge in [-0.3, -0.25) is 0 Å². The molecule has 0 bridgehead atoms. The third kappa shape index (κ3) is 3.36. The SMILES string of the molecule is Cc1csc(CNC2CCCCC2C2CCCN2)n1. The summed E-state index contributed by atoms with van der Waals surface area (Å²) < 4.78 is 0. The molecule has 2 heterocycles. The van der Waals surface area contributed by atoms with Crippen molar-refractivity contribution in [3.05, 3.63) is 16.1 Å². The van der Waals surface area contributed by atoms with Crippen LogP contribution in [-0.4, -0.2) is 23.6 Å². The molecule has 0 radical (unpaired) electrons. The summed E-state index contributed by atoms with van der Waals surface area (Å²) in [7, 11) is 0. The summed E-state index contributed by atoms with van der Waals surface area (Å²) in [6, 6.07) is 1.45. The van der Waals surface area contributed by atoms with E-state index in [2.05, 4.69) is 27.9 Å². The second-order valence-electron chi connectivity index (χ2n) is 6.02. The molecule has 2 N–H and O–H groups in total. The predicted molar refractivity (Wildman–Crippen MR) is 80.5 cm³/mol. The zero-order valence-electron chi connectivity index (χ0n) is 11.8. The fraction of sp³-hybridized carbons (Fsp3) is 0.800. The Bertz CT molecular complexity index is 398. The van der Waals surface area contributed by atoms with Crippen LogP contribution >= 0.6 is 11.3 Å². The molecule has 1 aromatic rings. The van der Waals surface area contributed by atoms with Gasteiger partial charge in [-0.15, -0.1) is 11.3 Å². The molecular weight excluding hydrogens is 254 g/mol. The highest BCUT2D eigenvalue weighted by atomic mass is 32.1. The van der Waals surface area contributed by atoms with Crippen molar-refractivity contribution in [3.63, 3.8) is 0 Å². The van der Waals surface area contributed by atoms with Gasteiger partial charge in [0.25, 0.3) is 0 Å². The van der Waals surface area contributed by atoms with E-state index >= 15 is 0 Å². The summed E-state index contributed by atoms with van der Waals surface area (Å²) in [4.78, 5) is 4.56. The molecule has 1 saturated carbocycles. The van der Waals surface area contributed by atoms with Crippen LogP contribution in [0.4, 0.5) is 0 Å². The average Bonchev–Trinajstić information content (AvgIpc) is 3.08. The van der Waals surface area contributed by atoms with Crippen molar-refractivity contribution in [2.45, 2.75) is 64.1 Å². The van der Waals surface area contributed by atoms with E-state index in [4.69, 9.17) is 0 Å². The highest BCUT2D eigenvalue weighted by Crippen LogP contribution is 2.30. The maximum Gasteiger partial charge on any atom is 0.107 e. The van der Waals surface area contributed by atoms with Crippen molar-refractivity contribution in [2.75, 3.05) is 6.54 Å². The van der Waals surface area contributed by atoms with E-state index < -0.39 is 0 Å². The molecule has 3 unspecified atom stereocenters. The predicted octanol–water partition coefficient (Wildman–Crippen LogP) is 2.85. The minimum atomic E-state index is 0.688. The summed E-state index contributed by atoms with van der Waals surface area (Å²) in [6.45, 7) is 4.25. The molecule has 0 amide bonds. The lowest BCUT2D eigenvalue weighted by atomic mass is 9.79. The van der Waals surface area contributed by atoms with E-state index in [1.54, 1.807) is 11.3 Å². The molecular formula is C15H25N3S. The smallest absolute Gasteiger partial charge is 0.107 e. The van der Waals surface area contributed by atoms with Crippen LogP contribution in [0.25, 0.3) is 0 Å². The molecule has 106 valence electrons. The van der Waals surface area contributed by atoms with Gasteiger partial charge in [0.1, 0.15) is 5.01 Å². The average molecular weight is 279 g/mol. The fourth-order valence-electron chi connectivity index (χ4n) is 3.67. The molecule has 4 heteroatoms. The van der Waals surface area contributed by atoms with E-state index in [0.717, 1.165) is 24.2 Å². The second kappa shape index (κ2) is 6.33. The highest BCUT2D eigenvalue weighted by Gasteiger charge is 2.32. The lowest BCUT2D eigenvalue weighted by Gasteiger charge is -2.36. The molecule has 1 aromatic heterocycles. The second-order valence-corrected chi connectivity index (χ2v) is 6.96. The lowest BCUT2D eigenvalue weighted by Crippen LogP contribution is -2.46. The van der Waals surface area contributed by atoms with Gasteiger partial charge in [0.05, 0.1) is 0 Å². The molecule has 3 nitrogen and oxygen atoms in total. The van der Waals surface area contributed by atoms with Crippen molar-refractivity contribution in [3.8, 4) is 0 Å². The molecule has 0 aromatic carbocycles. The fourth-order valence-corrected chi connectivity index (χ4v) is 4.40. The molecule has 1 aliphatic carbocycles. The van der Waals surface area contributed by atoms with Gasteiger partial charge in [0, 0.05) is 29.7 Å². The van der Waals surface area contributed by atoms with Gasteiger partial charge in [-0.25, -0.2) is 4.98 Å². The molecule has 1 aliphatic heterocycles. The van der Waals surface area contributed by atoms with Crippen molar-refractivity contribution >= 4 is 11.3 Å². The number of thiazole rings is 1. The van der Waals surface area contributed by atoms with Gasteiger partial charge in [0.15, 0.2) is 0 Å². The number of hydrogen-bond acceptors (Lipinski definition) is 4. The third-order valence-electron chi connectivity index (χ3n) is 4.62. The van der Waals surface area contributed by atoms with Gasteiger partial charge in [-0.1, -0.05) is 12.8 Å². The number of aromatic nitrogens is 1. The zero-order valence-corrected chi connectivity index (χ0v) is 12.6. The van der Waals surface area contributed by atoms with Crippen LogP contribution in [0.2, 0.25) is 0 Å². The Morgan fingerprint density at radius 3 is 2.95 bits per heavy atom. The van der Waals surface area contributed by atoms with Gasteiger partial charge in [-0.2, -0.15) is 0 Å². The largest absolute Gasteiger partial charge is 0.314 e. The van der Waals surface area contributed by atoms with Crippen molar-refractivity contribution in [2.24, 2.45) is 5.92 Å². The minimum absolute atomic E-state index is 0.688. The third-order valence-corrected chi connectivity index (χ3v) is 5.58. The number of nitrogens with zero attached hydrogens (tertiary/aromatic N) is 1. The lowest BCUT2D eigenvalue weighted by molar-refractivity contribution is 0.213. The quantitative estimate of drug-likeness (QED) is 0.890. The number of nitrogens with one attached hydrogen (secondary N) is 2. The van der Waals surface area contributed by atoms with E-state index in [0.29, 0.717) is 6.04 Å². The first kappa shape index (κ1) is 13.5. The standard InChI is InChI=1S/C15H25N3S/c1-11-10-19-15(18-11)9-17-14-6-3-2-5-12(14)13-7-4-8-16-13/h10,12-14,16-17H,2-9H2,1H3. The Labute approximate surface area is 120 Å². The first-order valence-electron chi connectivity index (χ1n) is 7.71. The van der Waals surface area contributed by atoms with E-state index in [1.807, 2.05) is 0 Å². The molecule has 2 aliphatic rings. The maximum absolute atomic E-state index is 4.56. The molecule has 1 saturated heterocycles. The van der Waals surface area contributed by atoms with E-state index in [1.165, 1.54) is 50.1 Å². The van der Waals surface area contributed by atoms with Crippen LogP contribution in [0.1, 0.15) is 49.2 Å². The van der Waals surface area contributed by atoms with Crippen LogP contribution in [-0.2, 0) is 6.54 Å². The number of hydrogen-bond donors (Lipinski definition) is 2. The Morgan fingerprint density at radius 2 is 2.21 bits per heavy atom. The summed E-state index contributed by atoms with van der Waals surface area (Å²) in [6.07, 6.45) is 8.27. The zero-order chi connectivity index (χ0) is 13.1. The van der Waals surface area contributed by atoms with E-state index in [-0.39, 0.29) is 0 Å². The molecule has 19 heavy (non-hydrogen) atoms. The Balaban J connectivity index is 1.57. The van der Waals surface area contributed by atoms with Crippen LogP contribution in [0.3, 0.4) is 0 Å². The molecule has 3 atom stereocenters. The van der Waals surface area contributed by atoms with Crippen molar-refractivity contribution < 1.29 is 0 Å². The summed E-state index contributed by atoms with van der Waals surface area (Å²) in [5, 5.41) is 10.9. The van der Waals surface area contributed by atoms with Crippen LogP contribution in [0.5, 0.6) is 0 Å². The van der Waals surface area contributed by atoms with Gasteiger partial charge in [-0.05, 0) is 45.1 Å². The number of aryl methyl sites for hydroxylation is 1. The summed E-state index contributed by atoms with van der Waals surface area (Å²) >= 11 is 1.78. The number of rotatable bonds is 4. The molecule has 2 fully saturated rings. The van der Waals surface area contributed by atoms with Crippen molar-refractivity contribution in [1.29, 1.82) is 0 Å². The van der Waals surface area contributed by atoms with Gasteiger partial charge < -0.3 is 10.6 Å². The normalized spacial score (nSPS) is 31.7. The topological polar surface area (TPSA) is 37.0 Å². The van der Waals surface area contributed by atoms with E-state index in [9.17, 15) is 0 Å². The van der Waals surface area contributed by atoms with Gasteiger partial charge >= 0.3 is 0 Å². The van der Waals surface area contributed by atoms with Crippen molar-refractivity contribution in [1.82, 2.24) is 15.6 Å². The highest BCUT2D eigenvalue weighted by molar-refractivity contribution is 7.09. The Hall–Kier alpha value is -0.450. The first-order valence-corrected chi connectivity index (χ1v) is 8.58. The van der Waals surface area contributed by atoms with Crippen LogP contribution in [0.15, 0.2) is 5.38 Å². The maximum atomic E-state index is 4.56. The Kier molecular flexibility index (Phi) is 4.51. The monoisotopic (exact) mass is 279 g/mol. The Morgan fingerprint density at radius 1 is 1.32 bits per heavy atom. The minimum Gasteiger partial charge on any atom is -0.314 e.